The molecule has 6 heteroatoms. The zero-order valence-corrected chi connectivity index (χ0v) is 15.6. The van der Waals surface area contributed by atoms with Gasteiger partial charge in [0, 0.05) is 24.8 Å². The lowest BCUT2D eigenvalue weighted by molar-refractivity contribution is -0.107. The van der Waals surface area contributed by atoms with Gasteiger partial charge in [0.05, 0.1) is 24.7 Å². The van der Waals surface area contributed by atoms with Crippen LogP contribution >= 0.6 is 0 Å². The molecule has 3 rings (SSSR count). The second kappa shape index (κ2) is 8.08. The first-order valence-corrected chi connectivity index (χ1v) is 8.99. The summed E-state index contributed by atoms with van der Waals surface area (Å²) in [4.78, 5) is 18.1. The van der Waals surface area contributed by atoms with Crippen molar-refractivity contribution in [2.75, 3.05) is 29.7 Å². The Hall–Kier alpha value is -2.76. The van der Waals surface area contributed by atoms with Crippen molar-refractivity contribution in [3.8, 4) is 5.75 Å². The molecular weight excluding hydrogens is 328 g/mol. The van der Waals surface area contributed by atoms with Gasteiger partial charge >= 0.3 is 0 Å². The molecule has 0 radical (unpaired) electrons. The van der Waals surface area contributed by atoms with Gasteiger partial charge in [-0.1, -0.05) is 12.8 Å². The first-order chi connectivity index (χ1) is 12.7. The SMILES string of the molecule is CNc1cnc(Nc2ccc(OC)cc2C)cc1N(C=O)C1CCCC1. The highest BCUT2D eigenvalue weighted by atomic mass is 16.5. The van der Waals surface area contributed by atoms with Crippen molar-refractivity contribution < 1.29 is 9.53 Å². The minimum absolute atomic E-state index is 0.262. The Bertz CT molecular complexity index is 772. The van der Waals surface area contributed by atoms with Gasteiger partial charge in [0.25, 0.3) is 0 Å². The molecule has 0 spiro atoms. The number of amides is 1. The number of carbonyl (C=O) groups is 1. The Morgan fingerprint density at radius 2 is 2.00 bits per heavy atom. The topological polar surface area (TPSA) is 66.5 Å². The van der Waals surface area contributed by atoms with Crippen LogP contribution in [0.2, 0.25) is 0 Å². The number of ether oxygens (including phenoxy) is 1. The average molecular weight is 354 g/mol. The summed E-state index contributed by atoms with van der Waals surface area (Å²) in [5, 5.41) is 6.49. The van der Waals surface area contributed by atoms with Crippen LogP contribution in [0.5, 0.6) is 5.75 Å². The van der Waals surface area contributed by atoms with Gasteiger partial charge in [0.2, 0.25) is 6.41 Å². The van der Waals surface area contributed by atoms with E-state index in [9.17, 15) is 4.79 Å². The summed E-state index contributed by atoms with van der Waals surface area (Å²) in [5.74, 6) is 1.53. The summed E-state index contributed by atoms with van der Waals surface area (Å²) in [5.41, 5.74) is 3.73. The number of aryl methyl sites for hydroxylation is 1. The Balaban J connectivity index is 1.90. The fraction of sp³-hybridized carbons (Fsp3) is 0.400. The van der Waals surface area contributed by atoms with Gasteiger partial charge in [-0.2, -0.15) is 0 Å². The lowest BCUT2D eigenvalue weighted by Gasteiger charge is -2.27. The molecule has 0 bridgehead atoms. The number of hydrogen-bond acceptors (Lipinski definition) is 5. The molecule has 138 valence electrons. The van der Waals surface area contributed by atoms with Crippen molar-refractivity contribution in [3.05, 3.63) is 36.0 Å². The fourth-order valence-electron chi connectivity index (χ4n) is 3.48. The highest BCUT2D eigenvalue weighted by molar-refractivity contribution is 5.85. The monoisotopic (exact) mass is 354 g/mol. The van der Waals surface area contributed by atoms with E-state index in [2.05, 4.69) is 15.6 Å². The number of rotatable bonds is 7. The second-order valence-electron chi connectivity index (χ2n) is 6.59. The van der Waals surface area contributed by atoms with Crippen molar-refractivity contribution in [2.24, 2.45) is 0 Å². The summed E-state index contributed by atoms with van der Waals surface area (Å²) in [6, 6.07) is 8.05. The van der Waals surface area contributed by atoms with Gasteiger partial charge in [-0.25, -0.2) is 4.98 Å². The standard InChI is InChI=1S/C20H26N4O2/c1-14-10-16(26-3)8-9-17(14)23-20-11-19(18(21-2)12-22-20)24(13-25)15-6-4-5-7-15/h8-13,15,21H,4-7H2,1-3H3,(H,22,23). The normalized spacial score (nSPS) is 14.1. The highest BCUT2D eigenvalue weighted by Crippen LogP contribution is 2.34. The van der Waals surface area contributed by atoms with E-state index in [0.717, 1.165) is 47.6 Å². The number of nitrogens with one attached hydrogen (secondary N) is 2. The van der Waals surface area contributed by atoms with Gasteiger partial charge in [-0.15, -0.1) is 0 Å². The van der Waals surface area contributed by atoms with E-state index in [-0.39, 0.29) is 6.04 Å². The van der Waals surface area contributed by atoms with E-state index < -0.39 is 0 Å². The zero-order chi connectivity index (χ0) is 18.5. The van der Waals surface area contributed by atoms with E-state index in [4.69, 9.17) is 4.74 Å². The molecule has 1 aliphatic rings. The van der Waals surface area contributed by atoms with Gasteiger partial charge < -0.3 is 20.3 Å². The van der Waals surface area contributed by atoms with Crippen molar-refractivity contribution in [1.29, 1.82) is 0 Å². The molecule has 1 heterocycles. The van der Waals surface area contributed by atoms with Crippen molar-refractivity contribution in [3.63, 3.8) is 0 Å². The van der Waals surface area contributed by atoms with Crippen molar-refractivity contribution >= 4 is 29.3 Å². The molecule has 1 aromatic carbocycles. The Kier molecular flexibility index (Phi) is 5.61. The van der Waals surface area contributed by atoms with Crippen molar-refractivity contribution in [1.82, 2.24) is 4.98 Å². The molecule has 2 aromatic rings. The highest BCUT2D eigenvalue weighted by Gasteiger charge is 2.24. The van der Waals surface area contributed by atoms with E-state index in [1.54, 1.807) is 13.3 Å². The van der Waals surface area contributed by atoms with Gasteiger partial charge in [0.15, 0.2) is 0 Å². The molecule has 1 aromatic heterocycles. The number of carbonyl (C=O) groups excluding carboxylic acids is 1. The van der Waals surface area contributed by atoms with E-state index in [1.165, 1.54) is 12.8 Å². The lowest BCUT2D eigenvalue weighted by atomic mass is 10.1. The van der Waals surface area contributed by atoms with E-state index in [1.807, 2.05) is 43.1 Å². The molecule has 0 aliphatic heterocycles. The summed E-state index contributed by atoms with van der Waals surface area (Å²) in [6.45, 7) is 2.02. The zero-order valence-electron chi connectivity index (χ0n) is 15.6. The van der Waals surface area contributed by atoms with E-state index in [0.29, 0.717) is 5.82 Å². The molecule has 0 saturated heterocycles. The molecular formula is C20H26N4O2. The molecule has 0 atom stereocenters. The van der Waals surface area contributed by atoms with Crippen LogP contribution in [0.25, 0.3) is 0 Å². The third-order valence-corrected chi connectivity index (χ3v) is 4.96. The number of nitrogens with zero attached hydrogens (tertiary/aromatic N) is 2. The number of hydrogen-bond donors (Lipinski definition) is 2. The molecule has 1 aliphatic carbocycles. The minimum atomic E-state index is 0.262. The molecule has 0 unspecified atom stereocenters. The third kappa shape index (κ3) is 3.74. The summed E-state index contributed by atoms with van der Waals surface area (Å²) >= 11 is 0. The Morgan fingerprint density at radius 3 is 2.62 bits per heavy atom. The molecule has 2 N–H and O–H groups in total. The Labute approximate surface area is 154 Å². The number of aromatic nitrogens is 1. The number of pyridine rings is 1. The van der Waals surface area contributed by atoms with Gasteiger partial charge in [0.1, 0.15) is 11.6 Å². The first-order valence-electron chi connectivity index (χ1n) is 8.99. The second-order valence-corrected chi connectivity index (χ2v) is 6.59. The van der Waals surface area contributed by atoms with E-state index >= 15 is 0 Å². The number of benzene rings is 1. The largest absolute Gasteiger partial charge is 0.497 e. The maximum absolute atomic E-state index is 11.8. The molecule has 1 amide bonds. The van der Waals surface area contributed by atoms with Crippen LogP contribution in [-0.4, -0.2) is 31.6 Å². The summed E-state index contributed by atoms with van der Waals surface area (Å²) in [6.07, 6.45) is 7.14. The third-order valence-electron chi connectivity index (χ3n) is 4.96. The van der Waals surface area contributed by atoms with Gasteiger partial charge in [-0.05, 0) is 43.5 Å². The minimum Gasteiger partial charge on any atom is -0.497 e. The maximum Gasteiger partial charge on any atom is 0.214 e. The maximum atomic E-state index is 11.8. The lowest BCUT2D eigenvalue weighted by Crippen LogP contribution is -2.32. The first kappa shape index (κ1) is 18.0. The average Bonchev–Trinajstić information content (AvgIpc) is 3.18. The summed E-state index contributed by atoms with van der Waals surface area (Å²) < 4.78 is 5.26. The summed E-state index contributed by atoms with van der Waals surface area (Å²) in [7, 11) is 3.50. The van der Waals surface area contributed by atoms with Crippen LogP contribution in [0.1, 0.15) is 31.2 Å². The smallest absolute Gasteiger partial charge is 0.214 e. The predicted molar refractivity (Wildman–Crippen MR) is 106 cm³/mol. The number of methoxy groups -OCH3 is 1. The molecule has 1 fully saturated rings. The van der Waals surface area contributed by atoms with Crippen LogP contribution in [0.4, 0.5) is 22.9 Å². The predicted octanol–water partition coefficient (Wildman–Crippen LogP) is 4.09. The van der Waals surface area contributed by atoms with Gasteiger partial charge in [-0.3, -0.25) is 4.79 Å². The van der Waals surface area contributed by atoms with Crippen LogP contribution in [0.3, 0.4) is 0 Å². The molecule has 1 saturated carbocycles. The quantitative estimate of drug-likeness (QED) is 0.733. The van der Waals surface area contributed by atoms with Crippen molar-refractivity contribution in [2.45, 2.75) is 38.6 Å². The Morgan fingerprint density at radius 1 is 1.23 bits per heavy atom. The number of anilines is 4. The van der Waals surface area contributed by atoms with Crippen LogP contribution < -0.4 is 20.3 Å². The molecule has 6 nitrogen and oxygen atoms in total. The molecule has 26 heavy (non-hydrogen) atoms. The fourth-order valence-corrected chi connectivity index (χ4v) is 3.48. The van der Waals surface area contributed by atoms with Crippen LogP contribution in [0, 0.1) is 6.92 Å². The van der Waals surface area contributed by atoms with Crippen LogP contribution in [-0.2, 0) is 4.79 Å². The van der Waals surface area contributed by atoms with Crippen LogP contribution in [0.15, 0.2) is 30.5 Å².